The number of carboxylic acids is 1. The molecule has 4 atom stereocenters. The Kier molecular flexibility index (Phi) is 11.9. The number of aromatic amines is 1. The summed E-state index contributed by atoms with van der Waals surface area (Å²) in [5.74, 6) is -3.85. The molecule has 0 spiro atoms. The van der Waals surface area contributed by atoms with E-state index >= 15 is 0 Å². The Labute approximate surface area is 247 Å². The van der Waals surface area contributed by atoms with E-state index in [1.54, 1.807) is 6.20 Å². The van der Waals surface area contributed by atoms with Gasteiger partial charge in [0.05, 0.1) is 12.5 Å². The number of fused-ring (bicyclic) bond motifs is 1. The summed E-state index contributed by atoms with van der Waals surface area (Å²) in [5, 5.41) is 18.1. The number of H-pyrrole nitrogens is 1. The van der Waals surface area contributed by atoms with E-state index in [4.69, 9.17) is 11.5 Å². The third-order valence-electron chi connectivity index (χ3n) is 6.63. The van der Waals surface area contributed by atoms with Crippen molar-refractivity contribution in [2.24, 2.45) is 11.5 Å². The van der Waals surface area contributed by atoms with Crippen molar-refractivity contribution in [2.75, 3.05) is 12.0 Å². The minimum Gasteiger partial charge on any atom is -0.480 e. The Balaban J connectivity index is 1.70. The molecule has 13 heteroatoms. The molecule has 4 unspecified atom stereocenters. The maximum atomic E-state index is 13.3. The Bertz CT molecular complexity index is 1400. The highest BCUT2D eigenvalue weighted by molar-refractivity contribution is 7.98. The van der Waals surface area contributed by atoms with Crippen LogP contribution in [0.25, 0.3) is 10.9 Å². The number of aromatic nitrogens is 1. The van der Waals surface area contributed by atoms with Crippen LogP contribution in [0.3, 0.4) is 0 Å². The molecule has 4 amide bonds. The van der Waals surface area contributed by atoms with Crippen LogP contribution in [-0.4, -0.2) is 75.9 Å². The topological polar surface area (TPSA) is 209 Å². The zero-order valence-electron chi connectivity index (χ0n) is 23.2. The Morgan fingerprint density at radius 1 is 0.857 bits per heavy atom. The highest BCUT2D eigenvalue weighted by atomic mass is 32.2. The molecule has 42 heavy (non-hydrogen) atoms. The molecule has 0 radical (unpaired) electrons. The van der Waals surface area contributed by atoms with Crippen LogP contribution in [-0.2, 0) is 36.8 Å². The van der Waals surface area contributed by atoms with Gasteiger partial charge in [-0.15, -0.1) is 0 Å². The number of hydrogen-bond acceptors (Lipinski definition) is 7. The van der Waals surface area contributed by atoms with Gasteiger partial charge in [-0.25, -0.2) is 4.79 Å². The largest absolute Gasteiger partial charge is 0.480 e. The van der Waals surface area contributed by atoms with Crippen molar-refractivity contribution < 1.29 is 29.1 Å². The lowest BCUT2D eigenvalue weighted by molar-refractivity contribution is -0.142. The van der Waals surface area contributed by atoms with Crippen LogP contribution >= 0.6 is 11.8 Å². The number of aliphatic carboxylic acids is 1. The zero-order valence-corrected chi connectivity index (χ0v) is 24.0. The summed E-state index contributed by atoms with van der Waals surface area (Å²) >= 11 is 1.45. The van der Waals surface area contributed by atoms with E-state index in [1.165, 1.54) is 11.8 Å². The molecule has 224 valence electrons. The molecule has 0 aliphatic carbocycles. The van der Waals surface area contributed by atoms with Crippen molar-refractivity contribution in [2.45, 2.75) is 49.9 Å². The van der Waals surface area contributed by atoms with Crippen molar-refractivity contribution in [3.05, 3.63) is 71.9 Å². The van der Waals surface area contributed by atoms with Crippen molar-refractivity contribution in [1.82, 2.24) is 20.9 Å². The highest BCUT2D eigenvalue weighted by Crippen LogP contribution is 2.19. The number of para-hydroxylation sites is 1. The van der Waals surface area contributed by atoms with E-state index in [2.05, 4.69) is 20.9 Å². The monoisotopic (exact) mass is 596 g/mol. The van der Waals surface area contributed by atoms with Gasteiger partial charge in [0.15, 0.2) is 0 Å². The lowest BCUT2D eigenvalue weighted by atomic mass is 10.0. The third-order valence-corrected chi connectivity index (χ3v) is 7.27. The van der Waals surface area contributed by atoms with E-state index in [1.807, 2.05) is 60.9 Å². The number of amides is 4. The van der Waals surface area contributed by atoms with Crippen molar-refractivity contribution >= 4 is 52.3 Å². The molecule has 0 aliphatic rings. The summed E-state index contributed by atoms with van der Waals surface area (Å²) in [7, 11) is 0. The number of carboxylic acid groups (broad SMARTS) is 1. The summed E-state index contributed by atoms with van der Waals surface area (Å²) in [6.45, 7) is 0. The van der Waals surface area contributed by atoms with Gasteiger partial charge in [-0.3, -0.25) is 19.2 Å². The lowest BCUT2D eigenvalue weighted by Gasteiger charge is -2.24. The number of thioether (sulfide) groups is 1. The van der Waals surface area contributed by atoms with Gasteiger partial charge in [0, 0.05) is 23.5 Å². The van der Waals surface area contributed by atoms with Gasteiger partial charge in [0.1, 0.15) is 18.1 Å². The third kappa shape index (κ3) is 9.35. The SMILES string of the molecule is CSCCC(NC(=O)C(N)Cc1ccccc1)C(=O)NC(CC(N)=O)C(=O)NC(Cc1c[nH]c2ccccc12)C(=O)O. The predicted molar refractivity (Wildman–Crippen MR) is 160 cm³/mol. The standard InChI is InChI=1S/C29H36N6O6S/c1-42-12-11-22(33-26(37)20(30)13-17-7-3-2-4-8-17)27(38)34-23(15-25(31)36)28(39)35-24(29(40)41)14-18-16-32-21-10-6-5-9-19(18)21/h2-10,16,20,22-24,32H,11-15,30H2,1H3,(H2,31,36)(H,33,37)(H,34,38)(H,35,39)(H,40,41). The molecule has 0 saturated heterocycles. The average Bonchev–Trinajstić information content (AvgIpc) is 3.37. The first kappa shape index (κ1) is 32.2. The molecule has 1 heterocycles. The summed E-state index contributed by atoms with van der Waals surface area (Å²) in [6, 6.07) is 11.7. The number of nitrogens with two attached hydrogens (primary N) is 2. The van der Waals surface area contributed by atoms with Gasteiger partial charge < -0.3 is 37.5 Å². The Hall–Kier alpha value is -4.36. The zero-order chi connectivity index (χ0) is 30.6. The van der Waals surface area contributed by atoms with Crippen LogP contribution in [0, 0.1) is 0 Å². The van der Waals surface area contributed by atoms with Crippen LogP contribution < -0.4 is 27.4 Å². The number of benzene rings is 2. The van der Waals surface area contributed by atoms with Gasteiger partial charge in [-0.05, 0) is 42.0 Å². The fourth-order valence-electron chi connectivity index (χ4n) is 4.42. The minimum atomic E-state index is -1.47. The summed E-state index contributed by atoms with van der Waals surface area (Å²) in [5.41, 5.74) is 13.7. The normalized spacial score (nSPS) is 13.9. The Morgan fingerprint density at radius 3 is 2.14 bits per heavy atom. The molecule has 0 saturated carbocycles. The molecule has 0 fully saturated rings. The predicted octanol–water partition coefficient (Wildman–Crippen LogP) is 0.448. The van der Waals surface area contributed by atoms with E-state index < -0.39 is 60.2 Å². The maximum Gasteiger partial charge on any atom is 0.326 e. The van der Waals surface area contributed by atoms with Crippen molar-refractivity contribution in [1.29, 1.82) is 0 Å². The molecule has 2 aromatic carbocycles. The lowest BCUT2D eigenvalue weighted by Crippen LogP contribution is -2.58. The van der Waals surface area contributed by atoms with E-state index in [0.29, 0.717) is 11.3 Å². The molecule has 3 aromatic rings. The molecular formula is C29H36N6O6S. The van der Waals surface area contributed by atoms with E-state index in [9.17, 15) is 29.1 Å². The minimum absolute atomic E-state index is 0.0476. The number of nitrogens with one attached hydrogen (secondary N) is 4. The molecule has 12 nitrogen and oxygen atoms in total. The second kappa shape index (κ2) is 15.6. The first-order valence-electron chi connectivity index (χ1n) is 13.3. The fourth-order valence-corrected chi connectivity index (χ4v) is 4.89. The van der Waals surface area contributed by atoms with Crippen LogP contribution in [0.1, 0.15) is 24.0 Å². The summed E-state index contributed by atoms with van der Waals surface area (Å²) in [6.07, 6.45) is 3.35. The molecule has 0 aliphatic heterocycles. The second-order valence-electron chi connectivity index (χ2n) is 9.83. The average molecular weight is 597 g/mol. The van der Waals surface area contributed by atoms with Gasteiger partial charge in [0.2, 0.25) is 23.6 Å². The number of primary amides is 1. The van der Waals surface area contributed by atoms with Gasteiger partial charge in [-0.2, -0.15) is 11.8 Å². The van der Waals surface area contributed by atoms with Crippen LogP contribution in [0.4, 0.5) is 0 Å². The van der Waals surface area contributed by atoms with Gasteiger partial charge in [0.25, 0.3) is 0 Å². The summed E-state index contributed by atoms with van der Waals surface area (Å²) < 4.78 is 0. The smallest absolute Gasteiger partial charge is 0.326 e. The number of carbonyl (C=O) groups excluding carboxylic acids is 4. The molecule has 3 rings (SSSR count). The van der Waals surface area contributed by atoms with Crippen molar-refractivity contribution in [3.63, 3.8) is 0 Å². The molecule has 1 aromatic heterocycles. The van der Waals surface area contributed by atoms with E-state index in [0.717, 1.165) is 16.5 Å². The molecular weight excluding hydrogens is 560 g/mol. The fraction of sp³-hybridized carbons (Fsp3) is 0.345. The van der Waals surface area contributed by atoms with Gasteiger partial charge >= 0.3 is 5.97 Å². The molecule has 0 bridgehead atoms. The first-order chi connectivity index (χ1) is 20.1. The first-order valence-corrected chi connectivity index (χ1v) is 14.7. The quantitative estimate of drug-likeness (QED) is 0.123. The number of carbonyl (C=O) groups is 5. The van der Waals surface area contributed by atoms with Crippen LogP contribution in [0.5, 0.6) is 0 Å². The van der Waals surface area contributed by atoms with Crippen LogP contribution in [0.15, 0.2) is 60.8 Å². The second-order valence-corrected chi connectivity index (χ2v) is 10.8. The molecule has 9 N–H and O–H groups in total. The summed E-state index contributed by atoms with van der Waals surface area (Å²) in [4.78, 5) is 66.2. The van der Waals surface area contributed by atoms with Crippen LogP contribution in [0.2, 0.25) is 0 Å². The van der Waals surface area contributed by atoms with Crippen molar-refractivity contribution in [3.8, 4) is 0 Å². The number of rotatable bonds is 16. The Morgan fingerprint density at radius 2 is 1.48 bits per heavy atom. The van der Waals surface area contributed by atoms with Gasteiger partial charge in [-0.1, -0.05) is 48.5 Å². The number of hydrogen-bond donors (Lipinski definition) is 7. The van der Waals surface area contributed by atoms with E-state index in [-0.39, 0.29) is 19.3 Å². The maximum absolute atomic E-state index is 13.3. The highest BCUT2D eigenvalue weighted by Gasteiger charge is 2.31.